The Morgan fingerprint density at radius 1 is 1.03 bits per heavy atom. The number of carbonyl (C=O) groups is 1. The molecule has 34 heavy (non-hydrogen) atoms. The quantitative estimate of drug-likeness (QED) is 0.570. The van der Waals surface area contributed by atoms with Crippen LogP contribution in [-0.2, 0) is 27.8 Å². The zero-order valence-electron chi connectivity index (χ0n) is 19.8. The van der Waals surface area contributed by atoms with Crippen molar-refractivity contribution in [3.05, 3.63) is 71.0 Å². The number of nitrogens with one attached hydrogen (secondary N) is 1. The van der Waals surface area contributed by atoms with Crippen molar-refractivity contribution in [3.8, 4) is 0 Å². The van der Waals surface area contributed by atoms with Crippen LogP contribution < -0.4 is 9.62 Å². The second-order valence-corrected chi connectivity index (χ2v) is 11.2. The number of nitrogens with zero attached hydrogens (tertiary/aromatic N) is 3. The van der Waals surface area contributed by atoms with Gasteiger partial charge in [0.05, 0.1) is 17.1 Å². The predicted molar refractivity (Wildman–Crippen MR) is 132 cm³/mol. The maximum absolute atomic E-state index is 14.2. The zero-order chi connectivity index (χ0) is 24.0. The third-order valence-corrected chi connectivity index (χ3v) is 8.86. The summed E-state index contributed by atoms with van der Waals surface area (Å²) in [7, 11) is -4.04. The summed E-state index contributed by atoms with van der Waals surface area (Å²) in [6.45, 7) is 6.26. The Morgan fingerprint density at radius 3 is 2.44 bits per heavy atom. The maximum atomic E-state index is 14.2. The molecule has 178 valence electrons. The smallest absolute Gasteiger partial charge is 0.268 e. The first-order valence-corrected chi connectivity index (χ1v) is 13.2. The minimum Gasteiger partial charge on any atom is -0.324 e. The van der Waals surface area contributed by atoms with E-state index in [2.05, 4.69) is 10.4 Å². The van der Waals surface area contributed by atoms with Gasteiger partial charge >= 0.3 is 0 Å². The van der Waals surface area contributed by atoms with Gasteiger partial charge in [-0.2, -0.15) is 5.10 Å². The minimum absolute atomic E-state index is 0.206. The van der Waals surface area contributed by atoms with Crippen LogP contribution >= 0.6 is 0 Å². The van der Waals surface area contributed by atoms with E-state index < -0.39 is 16.1 Å². The van der Waals surface area contributed by atoms with E-state index in [9.17, 15) is 13.2 Å². The zero-order valence-corrected chi connectivity index (χ0v) is 20.6. The molecule has 0 radical (unpaired) electrons. The molecule has 0 saturated heterocycles. The molecule has 1 amide bonds. The lowest BCUT2D eigenvalue weighted by atomic mass is 9.97. The van der Waals surface area contributed by atoms with Crippen molar-refractivity contribution in [2.75, 3.05) is 9.62 Å². The highest BCUT2D eigenvalue weighted by Crippen LogP contribution is 2.38. The Kier molecular flexibility index (Phi) is 5.72. The van der Waals surface area contributed by atoms with Crippen molar-refractivity contribution in [2.24, 2.45) is 5.92 Å². The fourth-order valence-corrected chi connectivity index (χ4v) is 6.85. The number of amides is 1. The van der Waals surface area contributed by atoms with Gasteiger partial charge in [-0.25, -0.2) is 8.42 Å². The van der Waals surface area contributed by atoms with Crippen molar-refractivity contribution in [1.29, 1.82) is 0 Å². The Labute approximate surface area is 200 Å². The Balaban J connectivity index is 1.56. The number of aryl methyl sites for hydroxylation is 3. The van der Waals surface area contributed by atoms with E-state index in [1.807, 2.05) is 61.0 Å². The van der Waals surface area contributed by atoms with E-state index in [4.69, 9.17) is 0 Å². The number of aromatic nitrogens is 2. The molecule has 2 aliphatic rings. The third-order valence-electron chi connectivity index (χ3n) is 6.78. The van der Waals surface area contributed by atoms with Crippen molar-refractivity contribution in [2.45, 2.75) is 63.9 Å². The lowest BCUT2D eigenvalue weighted by Gasteiger charge is -2.37. The van der Waals surface area contributed by atoms with Crippen molar-refractivity contribution < 1.29 is 13.2 Å². The number of para-hydroxylation sites is 1. The van der Waals surface area contributed by atoms with Gasteiger partial charge in [0.1, 0.15) is 10.9 Å². The highest BCUT2D eigenvalue weighted by molar-refractivity contribution is 7.93. The van der Waals surface area contributed by atoms with Crippen molar-refractivity contribution in [1.82, 2.24) is 9.78 Å². The lowest BCUT2D eigenvalue weighted by molar-refractivity contribution is -0.117. The number of rotatable bonds is 6. The molecule has 3 aromatic rings. The molecule has 2 aromatic carbocycles. The third kappa shape index (κ3) is 4.11. The topological polar surface area (TPSA) is 84.3 Å². The van der Waals surface area contributed by atoms with Crippen LogP contribution in [0.1, 0.15) is 41.8 Å². The molecule has 1 aromatic heterocycles. The molecule has 1 saturated carbocycles. The van der Waals surface area contributed by atoms with E-state index in [-0.39, 0.29) is 10.8 Å². The van der Waals surface area contributed by atoms with Gasteiger partial charge in [-0.05, 0) is 76.1 Å². The highest BCUT2D eigenvalue weighted by Gasteiger charge is 2.42. The molecule has 1 unspecified atom stereocenters. The highest BCUT2D eigenvalue weighted by atomic mass is 32.2. The van der Waals surface area contributed by atoms with Crippen LogP contribution in [0.15, 0.2) is 53.4 Å². The summed E-state index contributed by atoms with van der Waals surface area (Å²) in [6.07, 6.45) is 3.34. The van der Waals surface area contributed by atoms with E-state index in [1.165, 1.54) is 4.31 Å². The van der Waals surface area contributed by atoms with Crippen LogP contribution in [0.25, 0.3) is 0 Å². The number of benzene rings is 2. The summed E-state index contributed by atoms with van der Waals surface area (Å²) in [5, 5.41) is 7.49. The first-order chi connectivity index (χ1) is 16.3. The van der Waals surface area contributed by atoms with Gasteiger partial charge in [0.25, 0.3) is 10.0 Å². The molecule has 1 aliphatic heterocycles. The van der Waals surface area contributed by atoms with Crippen LogP contribution in [0.4, 0.5) is 11.4 Å². The fraction of sp³-hybridized carbons (Fsp3) is 0.385. The molecular weight excluding hydrogens is 448 g/mol. The van der Waals surface area contributed by atoms with E-state index in [1.54, 1.807) is 13.0 Å². The number of sulfonamides is 1. The molecule has 1 aliphatic carbocycles. The molecule has 8 heteroatoms. The Morgan fingerprint density at radius 2 is 1.74 bits per heavy atom. The molecule has 2 heterocycles. The first kappa shape index (κ1) is 22.7. The lowest BCUT2D eigenvalue weighted by Crippen LogP contribution is -2.50. The molecule has 5 rings (SSSR count). The van der Waals surface area contributed by atoms with Gasteiger partial charge in [0, 0.05) is 12.2 Å². The summed E-state index contributed by atoms with van der Waals surface area (Å²) in [4.78, 5) is 13.6. The molecular formula is C26H30N4O3S. The van der Waals surface area contributed by atoms with Crippen molar-refractivity contribution in [3.63, 3.8) is 0 Å². The van der Waals surface area contributed by atoms with E-state index >= 15 is 0 Å². The fourth-order valence-electron chi connectivity index (χ4n) is 4.79. The number of hydrogen-bond acceptors (Lipinski definition) is 4. The van der Waals surface area contributed by atoms with Crippen molar-refractivity contribution >= 4 is 27.3 Å². The Hall–Kier alpha value is -3.13. The van der Waals surface area contributed by atoms with Crippen LogP contribution in [0, 0.1) is 26.7 Å². The summed E-state index contributed by atoms with van der Waals surface area (Å²) in [5.41, 5.74) is 4.32. The number of carbonyl (C=O) groups excluding carboxylic acids is 1. The second-order valence-electron chi connectivity index (χ2n) is 9.46. The molecule has 1 atom stereocenters. The first-order valence-electron chi connectivity index (χ1n) is 11.8. The average Bonchev–Trinajstić information content (AvgIpc) is 3.58. The predicted octanol–water partition coefficient (Wildman–Crippen LogP) is 4.37. The van der Waals surface area contributed by atoms with Crippen LogP contribution in [0.5, 0.6) is 0 Å². The van der Waals surface area contributed by atoms with Gasteiger partial charge < -0.3 is 5.32 Å². The van der Waals surface area contributed by atoms with Gasteiger partial charge in [0.15, 0.2) is 0 Å². The van der Waals surface area contributed by atoms with Gasteiger partial charge in [-0.15, -0.1) is 0 Å². The minimum atomic E-state index is -4.04. The number of fused-ring (bicyclic) bond motifs is 1. The maximum Gasteiger partial charge on any atom is 0.268 e. The van der Waals surface area contributed by atoms with Gasteiger partial charge in [0.2, 0.25) is 5.91 Å². The molecule has 1 fully saturated rings. The second kappa shape index (κ2) is 8.58. The normalized spacial score (nSPS) is 18.0. The standard InChI is InChI=1S/C26H30N4O3S/c1-17-8-13-22(14-9-17)27-26(31)24-15-12-21-6-4-5-7-23(21)30(24)34(32,33)25-18(2)28-29(19(25)3)16-20-10-11-20/h4-9,13-14,20,24H,10-12,15-16H2,1-3H3,(H,27,31). The van der Waals surface area contributed by atoms with Crippen LogP contribution in [-0.4, -0.2) is 30.1 Å². The molecule has 7 nitrogen and oxygen atoms in total. The Bertz CT molecular complexity index is 1340. The summed E-state index contributed by atoms with van der Waals surface area (Å²) < 4.78 is 31.6. The number of hydrogen-bond donors (Lipinski definition) is 1. The average molecular weight is 479 g/mol. The molecule has 0 spiro atoms. The number of anilines is 2. The van der Waals surface area contributed by atoms with Crippen LogP contribution in [0.3, 0.4) is 0 Å². The van der Waals surface area contributed by atoms with E-state index in [0.29, 0.717) is 41.5 Å². The summed E-state index contributed by atoms with van der Waals surface area (Å²) in [6, 6.07) is 14.1. The van der Waals surface area contributed by atoms with E-state index in [0.717, 1.165) is 30.5 Å². The largest absolute Gasteiger partial charge is 0.324 e. The molecule has 1 N–H and O–H groups in total. The molecule has 0 bridgehead atoms. The van der Waals surface area contributed by atoms with Crippen LogP contribution in [0.2, 0.25) is 0 Å². The SMILES string of the molecule is Cc1ccc(NC(=O)C2CCc3ccccc3N2S(=O)(=O)c2c(C)nn(CC3CC3)c2C)cc1. The summed E-state index contributed by atoms with van der Waals surface area (Å²) in [5.74, 6) is 0.236. The summed E-state index contributed by atoms with van der Waals surface area (Å²) >= 11 is 0. The monoisotopic (exact) mass is 478 g/mol. The van der Waals surface area contributed by atoms with Gasteiger partial charge in [-0.1, -0.05) is 35.9 Å². The van der Waals surface area contributed by atoms with Gasteiger partial charge in [-0.3, -0.25) is 13.8 Å².